The Morgan fingerprint density at radius 1 is 0.972 bits per heavy atom. The van der Waals surface area contributed by atoms with Crippen molar-refractivity contribution >= 4 is 35.0 Å². The topological polar surface area (TPSA) is 67.9 Å². The van der Waals surface area contributed by atoms with Crippen LogP contribution < -0.4 is 14.8 Å². The highest BCUT2D eigenvalue weighted by Gasteiger charge is 2.29. The minimum Gasteiger partial charge on any atom is -0.490 e. The predicted octanol–water partition coefficient (Wildman–Crippen LogP) is 6.45. The smallest absolute Gasteiger partial charge is 0.242 e. The van der Waals surface area contributed by atoms with Gasteiger partial charge in [-0.15, -0.1) is 0 Å². The van der Waals surface area contributed by atoms with E-state index in [2.05, 4.69) is 12.2 Å². The van der Waals surface area contributed by atoms with Gasteiger partial charge in [0.1, 0.15) is 6.04 Å². The van der Waals surface area contributed by atoms with Gasteiger partial charge in [-0.25, -0.2) is 0 Å². The average molecular weight is 538 g/mol. The minimum absolute atomic E-state index is 0.143. The van der Waals surface area contributed by atoms with Crippen LogP contribution >= 0.6 is 23.2 Å². The number of hydrogen-bond acceptors (Lipinski definition) is 4. The van der Waals surface area contributed by atoms with Crippen LogP contribution in [0.4, 0.5) is 0 Å². The molecule has 1 atom stereocenters. The van der Waals surface area contributed by atoms with E-state index in [1.165, 1.54) is 0 Å². The molecular weight excluding hydrogens is 499 g/mol. The van der Waals surface area contributed by atoms with Gasteiger partial charge in [0.15, 0.2) is 11.5 Å². The van der Waals surface area contributed by atoms with Gasteiger partial charge in [0.25, 0.3) is 0 Å². The van der Waals surface area contributed by atoms with E-state index in [0.717, 1.165) is 18.4 Å². The van der Waals surface area contributed by atoms with E-state index in [1.54, 1.807) is 23.1 Å². The Bertz CT molecular complexity index is 979. The van der Waals surface area contributed by atoms with Crippen molar-refractivity contribution in [3.8, 4) is 11.5 Å². The SMILES string of the molecule is CCCCNC(=O)[C@H](CC)N(Cc1c(Cl)cccc1Cl)C(=O)CCc1ccc(OCC)c(OCC)c1. The van der Waals surface area contributed by atoms with Crippen molar-refractivity contribution in [2.24, 2.45) is 0 Å². The fourth-order valence-corrected chi connectivity index (χ4v) is 4.44. The number of benzene rings is 2. The molecule has 0 heterocycles. The van der Waals surface area contributed by atoms with Crippen LogP contribution in [0.25, 0.3) is 0 Å². The van der Waals surface area contributed by atoms with E-state index in [1.807, 2.05) is 39.0 Å². The predicted molar refractivity (Wildman–Crippen MR) is 146 cm³/mol. The number of hydrogen-bond donors (Lipinski definition) is 1. The first-order valence-corrected chi connectivity index (χ1v) is 13.5. The number of rotatable bonds is 15. The Balaban J connectivity index is 2.26. The molecule has 2 aromatic rings. The lowest BCUT2D eigenvalue weighted by Gasteiger charge is -2.31. The summed E-state index contributed by atoms with van der Waals surface area (Å²) in [5.41, 5.74) is 1.58. The van der Waals surface area contributed by atoms with Gasteiger partial charge in [0.05, 0.1) is 13.2 Å². The van der Waals surface area contributed by atoms with Crippen LogP contribution in [0.5, 0.6) is 11.5 Å². The molecule has 2 rings (SSSR count). The van der Waals surface area contributed by atoms with Crippen LogP contribution in [0.15, 0.2) is 36.4 Å². The summed E-state index contributed by atoms with van der Waals surface area (Å²) in [6, 6.07) is 10.3. The molecule has 0 unspecified atom stereocenters. The molecule has 6 nitrogen and oxygen atoms in total. The number of unbranched alkanes of at least 4 members (excludes halogenated alkanes) is 1. The highest BCUT2D eigenvalue weighted by Crippen LogP contribution is 2.30. The molecule has 0 aliphatic carbocycles. The van der Waals surface area contributed by atoms with Crippen molar-refractivity contribution in [3.05, 3.63) is 57.6 Å². The van der Waals surface area contributed by atoms with Crippen molar-refractivity contribution in [2.75, 3.05) is 19.8 Å². The summed E-state index contributed by atoms with van der Waals surface area (Å²) in [7, 11) is 0. The largest absolute Gasteiger partial charge is 0.490 e. The number of carbonyl (C=O) groups excluding carboxylic acids is 2. The minimum atomic E-state index is -0.624. The van der Waals surface area contributed by atoms with Crippen LogP contribution in [0.3, 0.4) is 0 Å². The molecule has 2 aromatic carbocycles. The maximum absolute atomic E-state index is 13.6. The molecule has 8 heteroatoms. The number of ether oxygens (including phenoxy) is 2. The molecule has 0 spiro atoms. The van der Waals surface area contributed by atoms with Gasteiger partial charge in [0, 0.05) is 35.1 Å². The molecule has 0 radical (unpaired) electrons. The Hall–Kier alpha value is -2.44. The second kappa shape index (κ2) is 15.6. The van der Waals surface area contributed by atoms with Gasteiger partial charge >= 0.3 is 0 Å². The monoisotopic (exact) mass is 536 g/mol. The van der Waals surface area contributed by atoms with E-state index in [4.69, 9.17) is 32.7 Å². The fraction of sp³-hybridized carbons (Fsp3) is 0.500. The quantitative estimate of drug-likeness (QED) is 0.265. The summed E-state index contributed by atoms with van der Waals surface area (Å²) in [6.07, 6.45) is 3.04. The molecule has 1 N–H and O–H groups in total. The summed E-state index contributed by atoms with van der Waals surface area (Å²) in [5, 5.41) is 3.90. The third kappa shape index (κ3) is 8.59. The van der Waals surface area contributed by atoms with Crippen molar-refractivity contribution in [2.45, 2.75) is 72.4 Å². The molecule has 36 heavy (non-hydrogen) atoms. The molecule has 0 aromatic heterocycles. The van der Waals surface area contributed by atoms with Gasteiger partial charge < -0.3 is 19.7 Å². The summed E-state index contributed by atoms with van der Waals surface area (Å²) in [5.74, 6) is 1.03. The molecule has 0 bridgehead atoms. The Labute approximate surface area is 225 Å². The van der Waals surface area contributed by atoms with E-state index in [-0.39, 0.29) is 24.8 Å². The van der Waals surface area contributed by atoms with Crippen molar-refractivity contribution in [1.82, 2.24) is 10.2 Å². The van der Waals surface area contributed by atoms with Crippen molar-refractivity contribution in [1.29, 1.82) is 0 Å². The molecule has 0 fully saturated rings. The number of nitrogens with one attached hydrogen (secondary N) is 1. The summed E-state index contributed by atoms with van der Waals surface area (Å²) < 4.78 is 11.4. The third-order valence-corrected chi connectivity index (χ3v) is 6.55. The number of halogens is 2. The molecular formula is C28H38Cl2N2O4. The van der Waals surface area contributed by atoms with Gasteiger partial charge in [0.2, 0.25) is 11.8 Å². The van der Waals surface area contributed by atoms with E-state index >= 15 is 0 Å². The highest BCUT2D eigenvalue weighted by molar-refractivity contribution is 6.36. The summed E-state index contributed by atoms with van der Waals surface area (Å²) in [6.45, 7) is 9.59. The van der Waals surface area contributed by atoms with Crippen molar-refractivity contribution < 1.29 is 19.1 Å². The van der Waals surface area contributed by atoms with Crippen molar-refractivity contribution in [3.63, 3.8) is 0 Å². The normalized spacial score (nSPS) is 11.6. The Morgan fingerprint density at radius 2 is 1.64 bits per heavy atom. The number of aryl methyl sites for hydroxylation is 1. The third-order valence-electron chi connectivity index (χ3n) is 5.84. The lowest BCUT2D eigenvalue weighted by atomic mass is 10.1. The molecule has 2 amide bonds. The van der Waals surface area contributed by atoms with E-state index in [0.29, 0.717) is 59.7 Å². The lowest BCUT2D eigenvalue weighted by Crippen LogP contribution is -2.49. The molecule has 198 valence electrons. The highest BCUT2D eigenvalue weighted by atomic mass is 35.5. The zero-order chi connectivity index (χ0) is 26.5. The maximum Gasteiger partial charge on any atom is 0.242 e. The van der Waals surface area contributed by atoms with Gasteiger partial charge in [-0.2, -0.15) is 0 Å². The number of nitrogens with zero attached hydrogens (tertiary/aromatic N) is 1. The second-order valence-corrected chi connectivity index (χ2v) is 9.25. The first-order valence-electron chi connectivity index (χ1n) is 12.7. The van der Waals surface area contributed by atoms with Crippen LogP contribution in [-0.4, -0.2) is 42.5 Å². The second-order valence-electron chi connectivity index (χ2n) is 8.44. The Morgan fingerprint density at radius 3 is 2.25 bits per heavy atom. The van der Waals surface area contributed by atoms with Gasteiger partial charge in [-0.3, -0.25) is 9.59 Å². The molecule has 0 aliphatic heterocycles. The molecule has 0 saturated carbocycles. The zero-order valence-corrected chi connectivity index (χ0v) is 23.3. The van der Waals surface area contributed by atoms with Gasteiger partial charge in [-0.1, -0.05) is 55.6 Å². The number of amides is 2. The van der Waals surface area contributed by atoms with Gasteiger partial charge in [-0.05, 0) is 62.9 Å². The van der Waals surface area contributed by atoms with Crippen LogP contribution in [0, 0.1) is 0 Å². The average Bonchev–Trinajstić information content (AvgIpc) is 2.86. The summed E-state index contributed by atoms with van der Waals surface area (Å²) >= 11 is 12.8. The molecule has 0 aliphatic rings. The lowest BCUT2D eigenvalue weighted by molar-refractivity contribution is -0.141. The summed E-state index contributed by atoms with van der Waals surface area (Å²) in [4.78, 5) is 28.2. The zero-order valence-electron chi connectivity index (χ0n) is 21.7. The van der Waals surface area contributed by atoms with E-state index in [9.17, 15) is 9.59 Å². The first-order chi connectivity index (χ1) is 17.4. The number of carbonyl (C=O) groups is 2. The van der Waals surface area contributed by atoms with E-state index < -0.39 is 6.04 Å². The first kappa shape index (κ1) is 29.8. The standard InChI is InChI=1S/C28H38Cl2N2O4/c1-5-9-17-31-28(34)24(6-2)32(19-21-22(29)11-10-12-23(21)30)27(33)16-14-20-13-15-25(35-7-3)26(18-20)36-8-4/h10-13,15,18,24H,5-9,14,16-17,19H2,1-4H3,(H,31,34)/t24-/m0/s1. The van der Waals surface area contributed by atoms with Crippen LogP contribution in [-0.2, 0) is 22.6 Å². The maximum atomic E-state index is 13.6. The van der Waals surface area contributed by atoms with Crippen LogP contribution in [0.2, 0.25) is 10.0 Å². The van der Waals surface area contributed by atoms with Crippen LogP contribution in [0.1, 0.15) is 64.5 Å². The molecule has 0 saturated heterocycles. The fourth-order valence-electron chi connectivity index (χ4n) is 3.93. The Kier molecular flexibility index (Phi) is 12.9.